The molecule has 0 radical (unpaired) electrons. The minimum absolute atomic E-state index is 0.0719. The van der Waals surface area contributed by atoms with Crippen molar-refractivity contribution in [2.24, 2.45) is 0 Å². The van der Waals surface area contributed by atoms with E-state index in [2.05, 4.69) is 5.32 Å². The van der Waals surface area contributed by atoms with Gasteiger partial charge in [-0.15, -0.1) is 0 Å². The standard InChI is InChI=1S/C20H26N2O4/c1-14-16(15-6-4-5-7-17(15)25-14)10-21-18(23)22-11-19(2,3)26-20(12-22)8-9-24-13-20/h4-7H,8-13H2,1-3H3,(H,21,23). The molecule has 1 aromatic heterocycles. The molecule has 2 fully saturated rings. The third-order valence-electron chi connectivity index (χ3n) is 5.21. The van der Waals surface area contributed by atoms with Gasteiger partial charge in [0, 0.05) is 30.5 Å². The first-order chi connectivity index (χ1) is 12.4. The number of morpholine rings is 1. The first kappa shape index (κ1) is 17.4. The lowest BCUT2D eigenvalue weighted by Gasteiger charge is -2.47. The first-order valence-electron chi connectivity index (χ1n) is 9.15. The Morgan fingerprint density at radius 3 is 2.85 bits per heavy atom. The summed E-state index contributed by atoms with van der Waals surface area (Å²) in [5, 5.41) is 4.11. The van der Waals surface area contributed by atoms with Crippen LogP contribution in [0.2, 0.25) is 0 Å². The van der Waals surface area contributed by atoms with Crippen LogP contribution in [-0.4, -0.2) is 48.4 Å². The number of carbonyl (C=O) groups is 1. The smallest absolute Gasteiger partial charge is 0.317 e. The minimum atomic E-state index is -0.387. The van der Waals surface area contributed by atoms with Gasteiger partial charge in [-0.3, -0.25) is 0 Å². The Kier molecular flexibility index (Phi) is 4.20. The van der Waals surface area contributed by atoms with Gasteiger partial charge in [-0.25, -0.2) is 4.79 Å². The van der Waals surface area contributed by atoms with Crippen LogP contribution >= 0.6 is 0 Å². The number of carbonyl (C=O) groups excluding carboxylic acids is 1. The molecule has 0 saturated carbocycles. The molecule has 0 bridgehead atoms. The lowest BCUT2D eigenvalue weighted by Crippen LogP contribution is -2.62. The average Bonchev–Trinajstić information content (AvgIpc) is 3.14. The van der Waals surface area contributed by atoms with Gasteiger partial charge in [0.1, 0.15) is 16.9 Å². The fraction of sp³-hybridized carbons (Fsp3) is 0.550. The summed E-state index contributed by atoms with van der Waals surface area (Å²) in [4.78, 5) is 14.7. The molecule has 0 aliphatic carbocycles. The molecule has 1 aromatic carbocycles. The molecule has 6 nitrogen and oxygen atoms in total. The van der Waals surface area contributed by atoms with E-state index < -0.39 is 0 Å². The summed E-state index contributed by atoms with van der Waals surface area (Å²) in [6, 6.07) is 7.83. The van der Waals surface area contributed by atoms with Crippen molar-refractivity contribution in [3.05, 3.63) is 35.6 Å². The monoisotopic (exact) mass is 358 g/mol. The normalized spacial score (nSPS) is 25.1. The molecule has 140 valence electrons. The Morgan fingerprint density at radius 2 is 2.08 bits per heavy atom. The van der Waals surface area contributed by atoms with Crippen LogP contribution in [0.5, 0.6) is 0 Å². The van der Waals surface area contributed by atoms with Crippen LogP contribution in [0.4, 0.5) is 4.79 Å². The highest BCUT2D eigenvalue weighted by Gasteiger charge is 2.48. The number of hydrogen-bond acceptors (Lipinski definition) is 4. The Bertz CT molecular complexity index is 820. The van der Waals surface area contributed by atoms with Gasteiger partial charge in [0.15, 0.2) is 0 Å². The number of nitrogens with zero attached hydrogens (tertiary/aromatic N) is 1. The van der Waals surface area contributed by atoms with E-state index >= 15 is 0 Å². The fourth-order valence-electron chi connectivity index (χ4n) is 4.17. The van der Waals surface area contributed by atoms with Gasteiger partial charge >= 0.3 is 6.03 Å². The number of urea groups is 1. The highest BCUT2D eigenvalue weighted by atomic mass is 16.6. The zero-order valence-corrected chi connectivity index (χ0v) is 15.6. The topological polar surface area (TPSA) is 63.9 Å². The van der Waals surface area contributed by atoms with Crippen molar-refractivity contribution in [3.63, 3.8) is 0 Å². The zero-order valence-electron chi connectivity index (χ0n) is 15.6. The molecule has 2 amide bonds. The summed E-state index contributed by atoms with van der Waals surface area (Å²) >= 11 is 0. The number of furan rings is 1. The van der Waals surface area contributed by atoms with Crippen LogP contribution in [0, 0.1) is 6.92 Å². The summed E-state index contributed by atoms with van der Waals surface area (Å²) < 4.78 is 17.6. The van der Waals surface area contributed by atoms with Gasteiger partial charge in [-0.1, -0.05) is 18.2 Å². The van der Waals surface area contributed by atoms with E-state index in [0.717, 1.165) is 28.7 Å². The van der Waals surface area contributed by atoms with Crippen LogP contribution in [0.3, 0.4) is 0 Å². The van der Waals surface area contributed by atoms with Crippen molar-refractivity contribution in [2.75, 3.05) is 26.3 Å². The zero-order chi connectivity index (χ0) is 18.4. The summed E-state index contributed by atoms with van der Waals surface area (Å²) in [5.41, 5.74) is 1.11. The number of rotatable bonds is 2. The molecule has 2 aliphatic rings. The molecule has 1 unspecified atom stereocenters. The van der Waals surface area contributed by atoms with E-state index in [1.165, 1.54) is 0 Å². The number of nitrogens with one attached hydrogen (secondary N) is 1. The maximum atomic E-state index is 12.9. The lowest BCUT2D eigenvalue weighted by molar-refractivity contribution is -0.185. The second-order valence-corrected chi connectivity index (χ2v) is 8.00. The molecule has 4 rings (SSSR count). The van der Waals surface area contributed by atoms with Crippen molar-refractivity contribution in [1.82, 2.24) is 10.2 Å². The van der Waals surface area contributed by atoms with Crippen molar-refractivity contribution in [1.29, 1.82) is 0 Å². The second-order valence-electron chi connectivity index (χ2n) is 8.00. The van der Waals surface area contributed by atoms with E-state index in [0.29, 0.717) is 32.8 Å². The Morgan fingerprint density at radius 1 is 1.27 bits per heavy atom. The number of amides is 2. The van der Waals surface area contributed by atoms with Crippen molar-refractivity contribution in [3.8, 4) is 0 Å². The summed E-state index contributed by atoms with van der Waals surface area (Å²) in [5.74, 6) is 0.842. The molecule has 1 N–H and O–H groups in total. The summed E-state index contributed by atoms with van der Waals surface area (Å²) in [6.45, 7) is 8.80. The van der Waals surface area contributed by atoms with E-state index in [-0.39, 0.29) is 17.2 Å². The van der Waals surface area contributed by atoms with Crippen LogP contribution in [0.25, 0.3) is 11.0 Å². The molecule has 2 aromatic rings. The van der Waals surface area contributed by atoms with E-state index in [9.17, 15) is 4.79 Å². The highest BCUT2D eigenvalue weighted by Crippen LogP contribution is 2.34. The average molecular weight is 358 g/mol. The third-order valence-corrected chi connectivity index (χ3v) is 5.21. The van der Waals surface area contributed by atoms with Gasteiger partial charge in [0.25, 0.3) is 0 Å². The largest absolute Gasteiger partial charge is 0.461 e. The quantitative estimate of drug-likeness (QED) is 0.895. The summed E-state index contributed by atoms with van der Waals surface area (Å²) in [7, 11) is 0. The number of aryl methyl sites for hydroxylation is 1. The molecule has 26 heavy (non-hydrogen) atoms. The highest BCUT2D eigenvalue weighted by molar-refractivity contribution is 5.83. The van der Waals surface area contributed by atoms with E-state index in [1.807, 2.05) is 49.9 Å². The molecular weight excluding hydrogens is 332 g/mol. The molecule has 1 atom stereocenters. The molecule has 1 spiro atoms. The van der Waals surface area contributed by atoms with Crippen LogP contribution in [-0.2, 0) is 16.0 Å². The molecule has 6 heteroatoms. The predicted octanol–water partition coefficient (Wildman–Crippen LogP) is 3.22. The Hall–Kier alpha value is -2.05. The van der Waals surface area contributed by atoms with Gasteiger partial charge in [0.05, 0.1) is 25.3 Å². The Balaban J connectivity index is 1.48. The number of fused-ring (bicyclic) bond motifs is 1. The summed E-state index contributed by atoms with van der Waals surface area (Å²) in [6.07, 6.45) is 0.825. The van der Waals surface area contributed by atoms with Crippen LogP contribution in [0.15, 0.2) is 28.7 Å². The van der Waals surface area contributed by atoms with Gasteiger partial charge in [0.2, 0.25) is 0 Å². The van der Waals surface area contributed by atoms with Crippen LogP contribution < -0.4 is 5.32 Å². The SMILES string of the molecule is Cc1oc2ccccc2c1CNC(=O)N1CC(C)(C)OC2(CCOC2)C1. The second kappa shape index (κ2) is 6.28. The van der Waals surface area contributed by atoms with E-state index in [4.69, 9.17) is 13.9 Å². The Labute approximate surface area is 153 Å². The van der Waals surface area contributed by atoms with Crippen LogP contribution in [0.1, 0.15) is 31.6 Å². The van der Waals surface area contributed by atoms with Crippen molar-refractivity contribution < 1.29 is 18.7 Å². The van der Waals surface area contributed by atoms with E-state index in [1.54, 1.807) is 0 Å². The molecular formula is C20H26N2O4. The fourth-order valence-corrected chi connectivity index (χ4v) is 4.17. The van der Waals surface area contributed by atoms with Crippen molar-refractivity contribution in [2.45, 2.75) is 44.9 Å². The number of hydrogen-bond donors (Lipinski definition) is 1. The molecule has 3 heterocycles. The molecule has 2 saturated heterocycles. The maximum Gasteiger partial charge on any atom is 0.317 e. The number of para-hydroxylation sites is 1. The third kappa shape index (κ3) is 3.19. The minimum Gasteiger partial charge on any atom is -0.461 e. The number of benzene rings is 1. The molecule has 2 aliphatic heterocycles. The number of ether oxygens (including phenoxy) is 2. The maximum absolute atomic E-state index is 12.9. The van der Waals surface area contributed by atoms with Crippen molar-refractivity contribution >= 4 is 17.0 Å². The lowest BCUT2D eigenvalue weighted by atomic mass is 9.95. The predicted molar refractivity (Wildman–Crippen MR) is 98.1 cm³/mol. The van der Waals surface area contributed by atoms with Gasteiger partial charge in [-0.05, 0) is 26.8 Å². The van der Waals surface area contributed by atoms with Gasteiger partial charge < -0.3 is 24.1 Å². The van der Waals surface area contributed by atoms with Gasteiger partial charge in [-0.2, -0.15) is 0 Å². The first-order valence-corrected chi connectivity index (χ1v) is 9.15.